The van der Waals surface area contributed by atoms with Gasteiger partial charge < -0.3 is 15.7 Å². The van der Waals surface area contributed by atoms with E-state index in [2.05, 4.69) is 15.6 Å². The van der Waals surface area contributed by atoms with Crippen LogP contribution in [0.5, 0.6) is 5.75 Å². The number of benzene rings is 2. The first-order valence-electron chi connectivity index (χ1n) is 7.30. The molecule has 0 saturated heterocycles. The topological polar surface area (TPSA) is 56.7 Å². The summed E-state index contributed by atoms with van der Waals surface area (Å²) in [6, 6.07) is 6.97. The predicted molar refractivity (Wildman–Crippen MR) is 86.2 cm³/mol. The van der Waals surface area contributed by atoms with Crippen molar-refractivity contribution >= 4 is 5.96 Å². The van der Waals surface area contributed by atoms with Crippen LogP contribution in [0.15, 0.2) is 41.4 Å². The van der Waals surface area contributed by atoms with Gasteiger partial charge in [0.1, 0.15) is 11.6 Å². The van der Waals surface area contributed by atoms with E-state index < -0.39 is 29.2 Å². The number of aromatic hydroxyl groups is 1. The minimum absolute atomic E-state index is 0.259. The monoisotopic (exact) mass is 337 g/mol. The molecule has 0 amide bonds. The normalized spacial score (nSPS) is 12.8. The summed E-state index contributed by atoms with van der Waals surface area (Å²) in [5.74, 6) is -2.04. The zero-order valence-electron chi connectivity index (χ0n) is 13.3. The maximum absolute atomic E-state index is 13.8. The summed E-state index contributed by atoms with van der Waals surface area (Å²) in [6.07, 6.45) is 0. The summed E-state index contributed by atoms with van der Waals surface area (Å²) in [5, 5.41) is 15.1. The average Bonchev–Trinajstić information content (AvgIpc) is 2.54. The van der Waals surface area contributed by atoms with Gasteiger partial charge >= 0.3 is 0 Å². The van der Waals surface area contributed by atoms with Crippen molar-refractivity contribution < 1.29 is 18.3 Å². The molecule has 0 spiro atoms. The standard InChI is InChI=1S/C17H18F3N3O/c1-10(13-5-4-12(18)8-14(13)19)23-17(21-2)22-9-11-3-6-16(24)15(20)7-11/h3-8,10,24H,9H2,1-2H3,(H2,21,22,23). The third-order valence-electron chi connectivity index (χ3n) is 3.48. The Kier molecular flexibility index (Phi) is 5.68. The zero-order valence-corrected chi connectivity index (χ0v) is 13.3. The highest BCUT2D eigenvalue weighted by atomic mass is 19.1. The minimum atomic E-state index is -0.709. The summed E-state index contributed by atoms with van der Waals surface area (Å²) in [7, 11) is 1.54. The van der Waals surface area contributed by atoms with Gasteiger partial charge in [0.2, 0.25) is 0 Å². The van der Waals surface area contributed by atoms with Crippen LogP contribution in [0, 0.1) is 17.5 Å². The molecule has 1 unspecified atom stereocenters. The molecule has 4 nitrogen and oxygen atoms in total. The van der Waals surface area contributed by atoms with E-state index in [1.807, 2.05) is 0 Å². The lowest BCUT2D eigenvalue weighted by atomic mass is 10.1. The molecule has 2 aromatic carbocycles. The maximum atomic E-state index is 13.8. The molecule has 0 aliphatic rings. The molecule has 0 heterocycles. The lowest BCUT2D eigenvalue weighted by Gasteiger charge is -2.19. The van der Waals surface area contributed by atoms with Crippen LogP contribution < -0.4 is 10.6 Å². The van der Waals surface area contributed by atoms with Crippen molar-refractivity contribution in [1.29, 1.82) is 0 Å². The number of halogens is 3. The Labute approximate surface area is 138 Å². The van der Waals surface area contributed by atoms with Crippen molar-refractivity contribution in [3.63, 3.8) is 0 Å². The number of aliphatic imine (C=N–C) groups is 1. The van der Waals surface area contributed by atoms with Crippen molar-refractivity contribution in [2.45, 2.75) is 19.5 Å². The van der Waals surface area contributed by atoms with Crippen LogP contribution in [-0.2, 0) is 6.54 Å². The molecule has 7 heteroatoms. The molecule has 2 rings (SSSR count). The summed E-state index contributed by atoms with van der Waals surface area (Å²) >= 11 is 0. The van der Waals surface area contributed by atoms with Crippen LogP contribution in [0.25, 0.3) is 0 Å². The Morgan fingerprint density at radius 1 is 1.12 bits per heavy atom. The molecular formula is C17H18F3N3O. The van der Waals surface area contributed by atoms with E-state index in [9.17, 15) is 13.2 Å². The fourth-order valence-corrected chi connectivity index (χ4v) is 2.18. The highest BCUT2D eigenvalue weighted by Crippen LogP contribution is 2.18. The molecule has 0 aliphatic carbocycles. The van der Waals surface area contributed by atoms with Gasteiger partial charge in [0.05, 0.1) is 6.04 Å². The van der Waals surface area contributed by atoms with Crippen LogP contribution >= 0.6 is 0 Å². The number of hydrogen-bond donors (Lipinski definition) is 3. The largest absolute Gasteiger partial charge is 0.505 e. The van der Waals surface area contributed by atoms with E-state index >= 15 is 0 Å². The van der Waals surface area contributed by atoms with Gasteiger partial charge in [-0.15, -0.1) is 0 Å². The number of phenols is 1. The first kappa shape index (κ1) is 17.7. The molecule has 128 valence electrons. The molecule has 0 fully saturated rings. The first-order valence-corrected chi connectivity index (χ1v) is 7.30. The highest BCUT2D eigenvalue weighted by molar-refractivity contribution is 5.80. The average molecular weight is 337 g/mol. The number of nitrogens with one attached hydrogen (secondary N) is 2. The Bertz CT molecular complexity index is 750. The molecule has 0 radical (unpaired) electrons. The van der Waals surface area contributed by atoms with E-state index in [-0.39, 0.29) is 6.54 Å². The van der Waals surface area contributed by atoms with Crippen LogP contribution in [0.1, 0.15) is 24.1 Å². The lowest BCUT2D eigenvalue weighted by molar-refractivity contribution is 0.431. The van der Waals surface area contributed by atoms with Gasteiger partial charge in [-0.3, -0.25) is 4.99 Å². The van der Waals surface area contributed by atoms with E-state index in [1.165, 1.54) is 24.3 Å². The number of phenolic OH excluding ortho intramolecular Hbond substituents is 1. The van der Waals surface area contributed by atoms with Crippen molar-refractivity contribution in [2.24, 2.45) is 4.99 Å². The van der Waals surface area contributed by atoms with Gasteiger partial charge in [-0.25, -0.2) is 13.2 Å². The second-order valence-electron chi connectivity index (χ2n) is 5.24. The number of nitrogens with zero attached hydrogens (tertiary/aromatic N) is 1. The third kappa shape index (κ3) is 4.41. The second-order valence-corrected chi connectivity index (χ2v) is 5.24. The number of hydrogen-bond acceptors (Lipinski definition) is 2. The number of guanidine groups is 1. The SMILES string of the molecule is CN=C(NCc1ccc(O)c(F)c1)NC(C)c1ccc(F)cc1F. The molecule has 3 N–H and O–H groups in total. The van der Waals surface area contributed by atoms with Crippen molar-refractivity contribution in [3.05, 3.63) is 65.0 Å². The molecule has 0 aliphatic heterocycles. The smallest absolute Gasteiger partial charge is 0.191 e. The molecule has 0 bridgehead atoms. The molecule has 1 atom stereocenters. The fourth-order valence-electron chi connectivity index (χ4n) is 2.18. The second kappa shape index (κ2) is 7.72. The molecule has 0 aromatic heterocycles. The summed E-state index contributed by atoms with van der Waals surface area (Å²) in [4.78, 5) is 4.01. The van der Waals surface area contributed by atoms with E-state index in [1.54, 1.807) is 20.0 Å². The maximum Gasteiger partial charge on any atom is 0.191 e. The van der Waals surface area contributed by atoms with Crippen LogP contribution in [0.3, 0.4) is 0 Å². The molecule has 0 saturated carbocycles. The zero-order chi connectivity index (χ0) is 17.7. The Balaban J connectivity index is 2.00. The molecular weight excluding hydrogens is 319 g/mol. The fraction of sp³-hybridized carbons (Fsp3) is 0.235. The van der Waals surface area contributed by atoms with Crippen molar-refractivity contribution in [2.75, 3.05) is 7.05 Å². The van der Waals surface area contributed by atoms with Crippen LogP contribution in [0.4, 0.5) is 13.2 Å². The Hall–Kier alpha value is -2.70. The van der Waals surface area contributed by atoms with Gasteiger partial charge in [0.25, 0.3) is 0 Å². The van der Waals surface area contributed by atoms with Gasteiger partial charge in [-0.05, 0) is 30.7 Å². The summed E-state index contributed by atoms with van der Waals surface area (Å²) < 4.78 is 40.0. The summed E-state index contributed by atoms with van der Waals surface area (Å²) in [5.41, 5.74) is 0.906. The quantitative estimate of drug-likeness (QED) is 0.593. The first-order chi connectivity index (χ1) is 11.4. The Morgan fingerprint density at radius 2 is 1.88 bits per heavy atom. The van der Waals surface area contributed by atoms with Gasteiger partial charge in [-0.2, -0.15) is 0 Å². The molecule has 2 aromatic rings. The lowest BCUT2D eigenvalue weighted by Crippen LogP contribution is -2.38. The third-order valence-corrected chi connectivity index (χ3v) is 3.48. The summed E-state index contributed by atoms with van der Waals surface area (Å²) in [6.45, 7) is 1.97. The molecule has 24 heavy (non-hydrogen) atoms. The number of rotatable bonds is 4. The van der Waals surface area contributed by atoms with Crippen LogP contribution in [-0.4, -0.2) is 18.1 Å². The van der Waals surface area contributed by atoms with Crippen molar-refractivity contribution in [1.82, 2.24) is 10.6 Å². The van der Waals surface area contributed by atoms with Gasteiger partial charge in [0.15, 0.2) is 17.5 Å². The van der Waals surface area contributed by atoms with E-state index in [4.69, 9.17) is 5.11 Å². The van der Waals surface area contributed by atoms with E-state index in [0.29, 0.717) is 17.1 Å². The Morgan fingerprint density at radius 3 is 2.50 bits per heavy atom. The van der Waals surface area contributed by atoms with Crippen LogP contribution in [0.2, 0.25) is 0 Å². The van der Waals surface area contributed by atoms with E-state index in [0.717, 1.165) is 6.07 Å². The minimum Gasteiger partial charge on any atom is -0.505 e. The van der Waals surface area contributed by atoms with Gasteiger partial charge in [-0.1, -0.05) is 12.1 Å². The van der Waals surface area contributed by atoms with Gasteiger partial charge in [0, 0.05) is 25.2 Å². The predicted octanol–water partition coefficient (Wildman–Crippen LogP) is 3.24. The highest BCUT2D eigenvalue weighted by Gasteiger charge is 2.13. The van der Waals surface area contributed by atoms with Crippen molar-refractivity contribution in [3.8, 4) is 5.75 Å².